The van der Waals surface area contributed by atoms with Crippen molar-refractivity contribution in [3.63, 3.8) is 0 Å². The van der Waals surface area contributed by atoms with Gasteiger partial charge >= 0.3 is 6.09 Å². The number of benzene rings is 1. The molecule has 1 saturated heterocycles. The van der Waals surface area contributed by atoms with E-state index in [4.69, 9.17) is 4.74 Å². The maximum Gasteiger partial charge on any atom is 0.410 e. The molecule has 1 aliphatic heterocycles. The number of ether oxygens (including phenoxy) is 1. The summed E-state index contributed by atoms with van der Waals surface area (Å²) in [6.45, 7) is 8.51. The molecule has 0 unspecified atom stereocenters. The van der Waals surface area contributed by atoms with E-state index in [9.17, 15) is 14.0 Å². The Kier molecular flexibility index (Phi) is 6.36. The quantitative estimate of drug-likeness (QED) is 0.901. The molecule has 1 aliphatic rings. The maximum atomic E-state index is 12.8. The lowest BCUT2D eigenvalue weighted by molar-refractivity contribution is -0.122. The largest absolute Gasteiger partial charge is 0.444 e. The van der Waals surface area contributed by atoms with E-state index in [-0.39, 0.29) is 24.4 Å². The average molecular weight is 351 g/mol. The van der Waals surface area contributed by atoms with Gasteiger partial charge < -0.3 is 15.0 Å². The number of nitrogens with zero attached hydrogens (tertiary/aromatic N) is 2. The highest BCUT2D eigenvalue weighted by Crippen LogP contribution is 2.11. The first-order valence-corrected chi connectivity index (χ1v) is 8.44. The smallest absolute Gasteiger partial charge is 0.410 e. The minimum Gasteiger partial charge on any atom is -0.444 e. The molecule has 25 heavy (non-hydrogen) atoms. The Bertz CT molecular complexity index is 591. The summed E-state index contributed by atoms with van der Waals surface area (Å²) in [6.07, 6.45) is -0.312. The van der Waals surface area contributed by atoms with E-state index in [0.717, 1.165) is 5.56 Å². The van der Waals surface area contributed by atoms with Gasteiger partial charge in [-0.25, -0.2) is 9.18 Å². The molecule has 1 heterocycles. The van der Waals surface area contributed by atoms with E-state index >= 15 is 0 Å². The minimum absolute atomic E-state index is 0.0879. The van der Waals surface area contributed by atoms with Gasteiger partial charge in [0.1, 0.15) is 11.4 Å². The molecular formula is C18H26FN3O3. The normalized spacial score (nSPS) is 15.8. The van der Waals surface area contributed by atoms with Crippen LogP contribution in [0.2, 0.25) is 0 Å². The second-order valence-electron chi connectivity index (χ2n) is 7.15. The van der Waals surface area contributed by atoms with Crippen LogP contribution < -0.4 is 5.32 Å². The van der Waals surface area contributed by atoms with Crippen molar-refractivity contribution >= 4 is 12.0 Å². The lowest BCUT2D eigenvalue weighted by atomic mass is 10.2. The van der Waals surface area contributed by atoms with Crippen LogP contribution in [0.25, 0.3) is 0 Å². The van der Waals surface area contributed by atoms with E-state index in [1.54, 1.807) is 17.0 Å². The van der Waals surface area contributed by atoms with Crippen LogP contribution in [0.5, 0.6) is 0 Å². The summed E-state index contributed by atoms with van der Waals surface area (Å²) in [4.78, 5) is 27.7. The number of rotatable bonds is 4. The van der Waals surface area contributed by atoms with E-state index in [2.05, 4.69) is 5.32 Å². The van der Waals surface area contributed by atoms with Crippen molar-refractivity contribution in [2.75, 3.05) is 32.7 Å². The molecule has 7 heteroatoms. The summed E-state index contributed by atoms with van der Waals surface area (Å²) in [5.74, 6) is -0.382. The van der Waals surface area contributed by atoms with Crippen LogP contribution in [0, 0.1) is 5.82 Å². The molecule has 138 valence electrons. The first kappa shape index (κ1) is 19.2. The molecule has 1 N–H and O–H groups in total. The minimum atomic E-state index is -0.505. The van der Waals surface area contributed by atoms with Gasteiger partial charge in [-0.2, -0.15) is 0 Å². The van der Waals surface area contributed by atoms with E-state index in [1.165, 1.54) is 12.1 Å². The topological polar surface area (TPSA) is 61.9 Å². The summed E-state index contributed by atoms with van der Waals surface area (Å²) >= 11 is 0. The van der Waals surface area contributed by atoms with Crippen molar-refractivity contribution in [2.24, 2.45) is 0 Å². The maximum absolute atomic E-state index is 12.8. The molecule has 0 atom stereocenters. The Morgan fingerprint density at radius 2 is 1.72 bits per heavy atom. The van der Waals surface area contributed by atoms with Gasteiger partial charge in [-0.1, -0.05) is 12.1 Å². The Balaban J connectivity index is 1.69. The van der Waals surface area contributed by atoms with Gasteiger partial charge in [0.2, 0.25) is 5.91 Å². The SMILES string of the molecule is CC(C)(C)OC(=O)N1CCN(CC(=O)NCc2ccc(F)cc2)CC1. The third-order valence-electron chi connectivity index (χ3n) is 3.79. The number of carbonyl (C=O) groups excluding carboxylic acids is 2. The van der Waals surface area contributed by atoms with Crippen LogP contribution in [0.1, 0.15) is 26.3 Å². The monoisotopic (exact) mass is 351 g/mol. The summed E-state index contributed by atoms with van der Waals surface area (Å²) in [6, 6.07) is 6.04. The summed E-state index contributed by atoms with van der Waals surface area (Å²) < 4.78 is 18.2. The van der Waals surface area contributed by atoms with Crippen molar-refractivity contribution in [2.45, 2.75) is 32.9 Å². The fraction of sp³-hybridized carbons (Fsp3) is 0.556. The van der Waals surface area contributed by atoms with Crippen LogP contribution in [0.4, 0.5) is 9.18 Å². The number of amides is 2. The number of nitrogens with one attached hydrogen (secondary N) is 1. The van der Waals surface area contributed by atoms with Gasteiger partial charge in [-0.05, 0) is 38.5 Å². The van der Waals surface area contributed by atoms with E-state index in [1.807, 2.05) is 25.7 Å². The van der Waals surface area contributed by atoms with Crippen molar-refractivity contribution in [1.82, 2.24) is 15.1 Å². The molecule has 6 nitrogen and oxygen atoms in total. The lowest BCUT2D eigenvalue weighted by Crippen LogP contribution is -2.52. The Morgan fingerprint density at radius 1 is 1.12 bits per heavy atom. The molecule has 0 spiro atoms. The molecule has 0 aliphatic carbocycles. The van der Waals surface area contributed by atoms with Crippen LogP contribution in [0.15, 0.2) is 24.3 Å². The zero-order chi connectivity index (χ0) is 18.4. The highest BCUT2D eigenvalue weighted by Gasteiger charge is 2.26. The van der Waals surface area contributed by atoms with Gasteiger partial charge in [0.25, 0.3) is 0 Å². The second-order valence-corrected chi connectivity index (χ2v) is 7.15. The van der Waals surface area contributed by atoms with Crippen LogP contribution in [0.3, 0.4) is 0 Å². The molecule has 1 fully saturated rings. The van der Waals surface area contributed by atoms with Gasteiger partial charge in [0.05, 0.1) is 6.54 Å². The average Bonchev–Trinajstić information content (AvgIpc) is 2.53. The standard InChI is InChI=1S/C18H26FN3O3/c1-18(2,3)25-17(24)22-10-8-21(9-11-22)13-16(23)20-12-14-4-6-15(19)7-5-14/h4-7H,8-13H2,1-3H3,(H,20,23). The number of halogens is 1. The summed E-state index contributed by atoms with van der Waals surface area (Å²) in [5.41, 5.74) is 0.346. The van der Waals surface area contributed by atoms with Crippen molar-refractivity contribution < 1.29 is 18.7 Å². The zero-order valence-corrected chi connectivity index (χ0v) is 15.0. The summed E-state index contributed by atoms with van der Waals surface area (Å²) in [7, 11) is 0. The molecule has 0 radical (unpaired) electrons. The molecule has 0 aromatic heterocycles. The molecule has 0 bridgehead atoms. The molecule has 2 rings (SSSR count). The van der Waals surface area contributed by atoms with E-state index < -0.39 is 5.60 Å². The Labute approximate surface area is 147 Å². The van der Waals surface area contributed by atoms with Crippen molar-refractivity contribution in [3.8, 4) is 0 Å². The number of hydrogen-bond donors (Lipinski definition) is 1. The van der Waals surface area contributed by atoms with Crippen molar-refractivity contribution in [3.05, 3.63) is 35.6 Å². The highest BCUT2D eigenvalue weighted by atomic mass is 19.1. The number of hydrogen-bond acceptors (Lipinski definition) is 4. The van der Waals surface area contributed by atoms with Crippen LogP contribution in [-0.4, -0.2) is 60.1 Å². The summed E-state index contributed by atoms with van der Waals surface area (Å²) in [5, 5.41) is 2.82. The number of carbonyl (C=O) groups is 2. The predicted molar refractivity (Wildman–Crippen MR) is 92.5 cm³/mol. The lowest BCUT2D eigenvalue weighted by Gasteiger charge is -2.35. The van der Waals surface area contributed by atoms with Gasteiger partial charge in [0, 0.05) is 32.7 Å². The van der Waals surface area contributed by atoms with Crippen molar-refractivity contribution in [1.29, 1.82) is 0 Å². The van der Waals surface area contributed by atoms with Gasteiger partial charge in [-0.15, -0.1) is 0 Å². The Hall–Kier alpha value is -2.15. The fourth-order valence-corrected chi connectivity index (χ4v) is 2.48. The number of piperazine rings is 1. The zero-order valence-electron chi connectivity index (χ0n) is 15.0. The fourth-order valence-electron chi connectivity index (χ4n) is 2.48. The second kappa shape index (κ2) is 8.29. The Morgan fingerprint density at radius 3 is 2.28 bits per heavy atom. The highest BCUT2D eigenvalue weighted by molar-refractivity contribution is 5.78. The molecular weight excluding hydrogens is 325 g/mol. The molecule has 1 aromatic carbocycles. The third-order valence-corrected chi connectivity index (χ3v) is 3.79. The van der Waals surface area contributed by atoms with Gasteiger partial charge in [0.15, 0.2) is 0 Å². The van der Waals surface area contributed by atoms with E-state index in [0.29, 0.717) is 32.7 Å². The third kappa shape index (κ3) is 6.70. The first-order chi connectivity index (χ1) is 11.7. The van der Waals surface area contributed by atoms with Crippen LogP contribution >= 0.6 is 0 Å². The predicted octanol–water partition coefficient (Wildman–Crippen LogP) is 1.99. The van der Waals surface area contributed by atoms with Gasteiger partial charge in [-0.3, -0.25) is 9.69 Å². The molecule has 2 amide bonds. The molecule has 0 saturated carbocycles. The first-order valence-electron chi connectivity index (χ1n) is 8.44. The van der Waals surface area contributed by atoms with Crippen LogP contribution in [-0.2, 0) is 16.1 Å². The molecule has 1 aromatic rings.